The Morgan fingerprint density at radius 1 is 1.33 bits per heavy atom. The third-order valence-corrected chi connectivity index (χ3v) is 4.39. The molecule has 0 saturated carbocycles. The summed E-state index contributed by atoms with van der Waals surface area (Å²) in [5, 5.41) is 0. The van der Waals surface area contributed by atoms with E-state index in [1.165, 1.54) is 5.75 Å². The number of hydrogen-bond acceptors (Lipinski definition) is 3. The molecule has 2 aliphatic heterocycles. The standard InChI is InChI=1S/C11H19NO2S/c1-10(2,3)14-9(13)12-6-4-11(5-7-12)8-15-11/h4-8H2,1-3H3. The van der Waals surface area contributed by atoms with Crippen molar-refractivity contribution in [2.24, 2.45) is 0 Å². The van der Waals surface area contributed by atoms with E-state index in [2.05, 4.69) is 0 Å². The molecule has 0 aromatic heterocycles. The minimum Gasteiger partial charge on any atom is -0.444 e. The van der Waals surface area contributed by atoms with Crippen LogP contribution in [-0.2, 0) is 4.74 Å². The molecular formula is C11H19NO2S. The minimum absolute atomic E-state index is 0.150. The molecule has 2 aliphatic rings. The first kappa shape index (κ1) is 11.1. The zero-order valence-corrected chi connectivity index (χ0v) is 10.5. The lowest BCUT2D eigenvalue weighted by atomic mass is 9.99. The van der Waals surface area contributed by atoms with Crippen molar-refractivity contribution in [2.75, 3.05) is 18.8 Å². The number of nitrogens with zero attached hydrogens (tertiary/aromatic N) is 1. The Morgan fingerprint density at radius 2 is 1.87 bits per heavy atom. The van der Waals surface area contributed by atoms with Crippen molar-refractivity contribution in [3.05, 3.63) is 0 Å². The summed E-state index contributed by atoms with van der Waals surface area (Å²) < 4.78 is 5.89. The number of carbonyl (C=O) groups is 1. The lowest BCUT2D eigenvalue weighted by Crippen LogP contribution is -2.43. The second-order valence-electron chi connectivity index (χ2n) is 5.44. The van der Waals surface area contributed by atoms with E-state index in [-0.39, 0.29) is 11.7 Å². The molecule has 2 rings (SSSR count). The van der Waals surface area contributed by atoms with Crippen LogP contribution in [0, 0.1) is 0 Å². The van der Waals surface area contributed by atoms with Crippen molar-refractivity contribution in [3.8, 4) is 0 Å². The Balaban J connectivity index is 1.82. The average Bonchev–Trinajstić information content (AvgIpc) is 2.83. The highest BCUT2D eigenvalue weighted by Crippen LogP contribution is 2.51. The van der Waals surface area contributed by atoms with Crippen LogP contribution in [0.4, 0.5) is 4.79 Å². The summed E-state index contributed by atoms with van der Waals surface area (Å²) >= 11 is 2.04. The van der Waals surface area contributed by atoms with Gasteiger partial charge < -0.3 is 9.64 Å². The summed E-state index contributed by atoms with van der Waals surface area (Å²) in [6.07, 6.45) is 2.12. The maximum absolute atomic E-state index is 11.7. The quantitative estimate of drug-likeness (QED) is 0.598. The molecule has 15 heavy (non-hydrogen) atoms. The van der Waals surface area contributed by atoms with Crippen molar-refractivity contribution in [2.45, 2.75) is 44.0 Å². The molecule has 3 nitrogen and oxygen atoms in total. The van der Waals surface area contributed by atoms with Crippen molar-refractivity contribution < 1.29 is 9.53 Å². The van der Waals surface area contributed by atoms with Crippen LogP contribution in [0.15, 0.2) is 0 Å². The number of carbonyl (C=O) groups excluding carboxylic acids is 1. The van der Waals surface area contributed by atoms with Gasteiger partial charge in [-0.15, -0.1) is 0 Å². The molecule has 0 radical (unpaired) electrons. The van der Waals surface area contributed by atoms with Gasteiger partial charge in [-0.3, -0.25) is 0 Å². The van der Waals surface area contributed by atoms with Crippen molar-refractivity contribution >= 4 is 17.9 Å². The topological polar surface area (TPSA) is 29.5 Å². The number of likely N-dealkylation sites (tertiary alicyclic amines) is 1. The van der Waals surface area contributed by atoms with Crippen LogP contribution >= 0.6 is 11.8 Å². The number of piperidine rings is 1. The maximum Gasteiger partial charge on any atom is 0.410 e. The van der Waals surface area contributed by atoms with Gasteiger partial charge in [-0.1, -0.05) is 0 Å². The van der Waals surface area contributed by atoms with E-state index in [1.807, 2.05) is 37.4 Å². The molecular weight excluding hydrogens is 210 g/mol. The van der Waals surface area contributed by atoms with E-state index in [0.29, 0.717) is 4.75 Å². The van der Waals surface area contributed by atoms with Crippen LogP contribution in [-0.4, -0.2) is 40.2 Å². The molecule has 86 valence electrons. The maximum atomic E-state index is 11.7. The smallest absolute Gasteiger partial charge is 0.410 e. The first-order valence-corrected chi connectivity index (χ1v) is 6.51. The monoisotopic (exact) mass is 229 g/mol. The number of thioether (sulfide) groups is 1. The van der Waals surface area contributed by atoms with Crippen molar-refractivity contribution in [1.29, 1.82) is 0 Å². The van der Waals surface area contributed by atoms with Crippen LogP contribution in [0.2, 0.25) is 0 Å². The van der Waals surface area contributed by atoms with E-state index >= 15 is 0 Å². The molecule has 0 bridgehead atoms. The number of rotatable bonds is 0. The normalized spacial score (nSPS) is 24.1. The first-order valence-electron chi connectivity index (χ1n) is 5.52. The minimum atomic E-state index is -0.374. The Morgan fingerprint density at radius 3 is 2.27 bits per heavy atom. The lowest BCUT2D eigenvalue weighted by Gasteiger charge is -2.32. The molecule has 1 spiro atoms. The van der Waals surface area contributed by atoms with Gasteiger partial charge in [0, 0.05) is 23.6 Å². The van der Waals surface area contributed by atoms with Crippen LogP contribution in [0.3, 0.4) is 0 Å². The fourth-order valence-corrected chi connectivity index (χ4v) is 2.78. The molecule has 0 unspecified atom stereocenters. The molecule has 4 heteroatoms. The highest BCUT2D eigenvalue weighted by atomic mass is 32.2. The molecule has 0 aromatic rings. The largest absolute Gasteiger partial charge is 0.444 e. The number of amides is 1. The molecule has 0 N–H and O–H groups in total. The van der Waals surface area contributed by atoms with Gasteiger partial charge in [-0.2, -0.15) is 11.8 Å². The summed E-state index contributed by atoms with van der Waals surface area (Å²) in [6, 6.07) is 0. The van der Waals surface area contributed by atoms with Gasteiger partial charge in [-0.25, -0.2) is 4.79 Å². The van der Waals surface area contributed by atoms with Crippen LogP contribution in [0.5, 0.6) is 0 Å². The predicted octanol–water partition coefficient (Wildman–Crippen LogP) is 2.50. The third-order valence-electron chi connectivity index (χ3n) is 2.88. The lowest BCUT2D eigenvalue weighted by molar-refractivity contribution is 0.0208. The van der Waals surface area contributed by atoms with E-state index < -0.39 is 0 Å². The summed E-state index contributed by atoms with van der Waals surface area (Å²) in [5.74, 6) is 1.29. The van der Waals surface area contributed by atoms with Gasteiger partial charge >= 0.3 is 6.09 Å². The van der Waals surface area contributed by atoms with Crippen LogP contribution < -0.4 is 0 Å². The molecule has 1 amide bonds. The Labute approximate surface area is 95.5 Å². The van der Waals surface area contributed by atoms with Gasteiger partial charge in [0.1, 0.15) is 5.60 Å². The molecule has 0 atom stereocenters. The van der Waals surface area contributed by atoms with Gasteiger partial charge in [0.05, 0.1) is 0 Å². The second kappa shape index (κ2) is 3.58. The summed E-state index contributed by atoms with van der Waals surface area (Å²) in [6.45, 7) is 7.46. The SMILES string of the molecule is CC(C)(C)OC(=O)N1CCC2(CC1)CS2. The molecule has 0 aliphatic carbocycles. The van der Waals surface area contributed by atoms with Gasteiger partial charge in [0.15, 0.2) is 0 Å². The van der Waals surface area contributed by atoms with Gasteiger partial charge in [-0.05, 0) is 33.6 Å². The predicted molar refractivity (Wildman–Crippen MR) is 62.2 cm³/mol. The molecule has 2 heterocycles. The van der Waals surface area contributed by atoms with Crippen LogP contribution in [0.1, 0.15) is 33.6 Å². The van der Waals surface area contributed by atoms with E-state index in [1.54, 1.807) is 0 Å². The van der Waals surface area contributed by atoms with Crippen molar-refractivity contribution in [3.63, 3.8) is 0 Å². The summed E-state index contributed by atoms with van der Waals surface area (Å²) in [5.41, 5.74) is -0.374. The molecule has 0 aromatic carbocycles. The van der Waals surface area contributed by atoms with E-state index in [0.717, 1.165) is 25.9 Å². The number of hydrogen-bond donors (Lipinski definition) is 0. The highest BCUT2D eigenvalue weighted by molar-refractivity contribution is 8.07. The fourth-order valence-electron chi connectivity index (χ4n) is 1.81. The zero-order valence-electron chi connectivity index (χ0n) is 9.71. The zero-order chi connectivity index (χ0) is 11.1. The Hall–Kier alpha value is -0.380. The third kappa shape index (κ3) is 2.80. The Bertz CT molecular complexity index is 258. The van der Waals surface area contributed by atoms with Gasteiger partial charge in [0.25, 0.3) is 0 Å². The first-order chi connectivity index (χ1) is 6.90. The molecule has 2 fully saturated rings. The van der Waals surface area contributed by atoms with Crippen molar-refractivity contribution in [1.82, 2.24) is 4.90 Å². The summed E-state index contributed by atoms with van der Waals surface area (Å²) in [7, 11) is 0. The highest BCUT2D eigenvalue weighted by Gasteiger charge is 2.46. The number of ether oxygens (including phenoxy) is 1. The van der Waals surface area contributed by atoms with E-state index in [4.69, 9.17) is 4.74 Å². The van der Waals surface area contributed by atoms with Gasteiger partial charge in [0.2, 0.25) is 0 Å². The molecule has 2 saturated heterocycles. The second-order valence-corrected chi connectivity index (χ2v) is 6.88. The van der Waals surface area contributed by atoms with E-state index in [9.17, 15) is 4.79 Å². The van der Waals surface area contributed by atoms with Crippen LogP contribution in [0.25, 0.3) is 0 Å². The summed E-state index contributed by atoms with van der Waals surface area (Å²) in [4.78, 5) is 13.6. The Kier molecular flexibility index (Phi) is 2.65. The fraction of sp³-hybridized carbons (Fsp3) is 0.909. The average molecular weight is 229 g/mol.